The first-order valence-corrected chi connectivity index (χ1v) is 7.10. The van der Waals surface area contributed by atoms with Crippen molar-refractivity contribution in [2.24, 2.45) is 5.73 Å². The van der Waals surface area contributed by atoms with Crippen molar-refractivity contribution in [1.82, 2.24) is 0 Å². The van der Waals surface area contributed by atoms with Crippen LogP contribution in [0.5, 0.6) is 0 Å². The Bertz CT molecular complexity index is 590. The van der Waals surface area contributed by atoms with E-state index in [0.29, 0.717) is 23.6 Å². The molecule has 0 spiro atoms. The van der Waals surface area contributed by atoms with Gasteiger partial charge in [0.15, 0.2) is 0 Å². The Labute approximate surface area is 124 Å². The quantitative estimate of drug-likeness (QED) is 0.889. The van der Waals surface area contributed by atoms with Gasteiger partial charge in [0.1, 0.15) is 5.82 Å². The minimum Gasteiger partial charge on any atom is -0.330 e. The van der Waals surface area contributed by atoms with Gasteiger partial charge in [-0.25, -0.2) is 4.39 Å². The summed E-state index contributed by atoms with van der Waals surface area (Å²) < 4.78 is 13.9. The van der Waals surface area contributed by atoms with Crippen LogP contribution < -0.4 is 5.73 Å². The van der Waals surface area contributed by atoms with Gasteiger partial charge < -0.3 is 5.73 Å². The molecule has 0 saturated carbocycles. The van der Waals surface area contributed by atoms with Crippen molar-refractivity contribution in [3.8, 4) is 0 Å². The maximum absolute atomic E-state index is 13.9. The zero-order chi connectivity index (χ0) is 14.7. The van der Waals surface area contributed by atoms with E-state index in [9.17, 15) is 4.39 Å². The van der Waals surface area contributed by atoms with E-state index in [1.807, 2.05) is 0 Å². The zero-order valence-corrected chi connectivity index (χ0v) is 12.5. The third kappa shape index (κ3) is 3.20. The highest BCUT2D eigenvalue weighted by Gasteiger charge is 2.16. The van der Waals surface area contributed by atoms with Crippen LogP contribution in [-0.2, 0) is 6.42 Å². The number of rotatable bonds is 4. The van der Waals surface area contributed by atoms with Crippen LogP contribution in [0.1, 0.15) is 28.2 Å². The SMILES string of the molecule is Cc1ccc(C(CN)Cc2c(F)cccc2Cl)cc1C. The minimum atomic E-state index is -0.264. The molecule has 0 saturated heterocycles. The Kier molecular flexibility index (Phi) is 4.79. The number of halogens is 2. The second kappa shape index (κ2) is 6.38. The average molecular weight is 292 g/mol. The molecule has 0 aliphatic heterocycles. The number of benzene rings is 2. The van der Waals surface area contributed by atoms with E-state index in [4.69, 9.17) is 17.3 Å². The second-order valence-electron chi connectivity index (χ2n) is 5.18. The lowest BCUT2D eigenvalue weighted by molar-refractivity contribution is 0.590. The smallest absolute Gasteiger partial charge is 0.127 e. The predicted octanol–water partition coefficient (Wildman–Crippen LogP) is 4.38. The summed E-state index contributed by atoms with van der Waals surface area (Å²) in [5.74, 6) is -0.191. The van der Waals surface area contributed by atoms with Crippen LogP contribution in [0.3, 0.4) is 0 Å². The summed E-state index contributed by atoms with van der Waals surface area (Å²) in [4.78, 5) is 0. The van der Waals surface area contributed by atoms with E-state index < -0.39 is 0 Å². The van der Waals surface area contributed by atoms with Gasteiger partial charge in [-0.15, -0.1) is 0 Å². The highest BCUT2D eigenvalue weighted by Crippen LogP contribution is 2.27. The van der Waals surface area contributed by atoms with E-state index in [1.165, 1.54) is 17.2 Å². The van der Waals surface area contributed by atoms with Crippen LogP contribution in [0.15, 0.2) is 36.4 Å². The summed E-state index contributed by atoms with van der Waals surface area (Å²) in [6.45, 7) is 4.61. The fourth-order valence-corrected chi connectivity index (χ4v) is 2.57. The largest absolute Gasteiger partial charge is 0.330 e. The molecule has 2 rings (SSSR count). The van der Waals surface area contributed by atoms with E-state index >= 15 is 0 Å². The van der Waals surface area contributed by atoms with Crippen molar-refractivity contribution < 1.29 is 4.39 Å². The Hall–Kier alpha value is -1.38. The van der Waals surface area contributed by atoms with Gasteiger partial charge in [0, 0.05) is 16.5 Å². The van der Waals surface area contributed by atoms with Gasteiger partial charge in [0.05, 0.1) is 0 Å². The summed E-state index contributed by atoms with van der Waals surface area (Å²) in [7, 11) is 0. The molecule has 1 unspecified atom stereocenters. The Morgan fingerprint density at radius 2 is 1.90 bits per heavy atom. The highest BCUT2D eigenvalue weighted by molar-refractivity contribution is 6.31. The topological polar surface area (TPSA) is 26.0 Å². The molecule has 0 aliphatic carbocycles. The van der Waals surface area contributed by atoms with Gasteiger partial charge in [-0.3, -0.25) is 0 Å². The maximum Gasteiger partial charge on any atom is 0.127 e. The average Bonchev–Trinajstić information content (AvgIpc) is 2.42. The van der Waals surface area contributed by atoms with Gasteiger partial charge in [0.25, 0.3) is 0 Å². The summed E-state index contributed by atoms with van der Waals surface area (Å²) in [5, 5.41) is 0.465. The molecule has 1 nitrogen and oxygen atoms in total. The summed E-state index contributed by atoms with van der Waals surface area (Å²) in [5.41, 5.74) is 10.0. The Morgan fingerprint density at radius 1 is 1.15 bits per heavy atom. The fourth-order valence-electron chi connectivity index (χ4n) is 2.33. The third-order valence-corrected chi connectivity index (χ3v) is 4.15. The molecular weight excluding hydrogens is 273 g/mol. The van der Waals surface area contributed by atoms with Gasteiger partial charge >= 0.3 is 0 Å². The van der Waals surface area contributed by atoms with Gasteiger partial charge in [-0.05, 0) is 55.6 Å². The Balaban J connectivity index is 2.31. The third-order valence-electron chi connectivity index (χ3n) is 3.80. The molecule has 2 aromatic rings. The molecule has 0 bridgehead atoms. The van der Waals surface area contributed by atoms with Crippen molar-refractivity contribution in [3.05, 3.63) is 69.5 Å². The monoisotopic (exact) mass is 291 g/mol. The number of nitrogens with two attached hydrogens (primary N) is 1. The molecule has 106 valence electrons. The van der Waals surface area contributed by atoms with Crippen molar-refractivity contribution in [2.75, 3.05) is 6.54 Å². The van der Waals surface area contributed by atoms with E-state index in [2.05, 4.69) is 32.0 Å². The molecule has 20 heavy (non-hydrogen) atoms. The molecule has 0 aliphatic rings. The summed E-state index contributed by atoms with van der Waals surface area (Å²) >= 11 is 6.09. The van der Waals surface area contributed by atoms with E-state index in [0.717, 1.165) is 5.56 Å². The zero-order valence-electron chi connectivity index (χ0n) is 11.8. The van der Waals surface area contributed by atoms with E-state index in [-0.39, 0.29) is 11.7 Å². The molecule has 0 fully saturated rings. The number of hydrogen-bond acceptors (Lipinski definition) is 1. The molecule has 0 radical (unpaired) electrons. The van der Waals surface area contributed by atoms with Crippen LogP contribution >= 0.6 is 11.6 Å². The van der Waals surface area contributed by atoms with Crippen molar-refractivity contribution in [3.63, 3.8) is 0 Å². The fraction of sp³-hybridized carbons (Fsp3) is 0.294. The highest BCUT2D eigenvalue weighted by atomic mass is 35.5. The molecule has 3 heteroatoms. The first-order valence-electron chi connectivity index (χ1n) is 6.73. The second-order valence-corrected chi connectivity index (χ2v) is 5.59. The first-order chi connectivity index (χ1) is 9.52. The number of hydrogen-bond donors (Lipinski definition) is 1. The molecule has 1 atom stereocenters. The van der Waals surface area contributed by atoms with Crippen LogP contribution in [0.25, 0.3) is 0 Å². The standard InChI is InChI=1S/C17H19ClFN/c1-11-6-7-13(8-12(11)2)14(10-20)9-15-16(18)4-3-5-17(15)19/h3-8,14H,9-10,20H2,1-2H3. The van der Waals surface area contributed by atoms with Crippen molar-refractivity contribution in [1.29, 1.82) is 0 Å². The first kappa shape index (κ1) is 15.0. The lowest BCUT2D eigenvalue weighted by Gasteiger charge is -2.18. The van der Waals surface area contributed by atoms with Crippen LogP contribution in [-0.4, -0.2) is 6.54 Å². The molecule has 0 aromatic heterocycles. The molecular formula is C17H19ClFN. The molecule has 0 heterocycles. The van der Waals surface area contributed by atoms with Gasteiger partial charge in [-0.1, -0.05) is 35.9 Å². The number of aryl methyl sites for hydroxylation is 2. The van der Waals surface area contributed by atoms with Crippen molar-refractivity contribution in [2.45, 2.75) is 26.2 Å². The summed E-state index contributed by atoms with van der Waals surface area (Å²) in [6.07, 6.45) is 0.518. The molecule has 0 amide bonds. The lowest BCUT2D eigenvalue weighted by atomic mass is 9.90. The van der Waals surface area contributed by atoms with Gasteiger partial charge in [-0.2, -0.15) is 0 Å². The van der Waals surface area contributed by atoms with Crippen LogP contribution in [0.2, 0.25) is 5.02 Å². The maximum atomic E-state index is 13.9. The van der Waals surface area contributed by atoms with Crippen LogP contribution in [0.4, 0.5) is 4.39 Å². The Morgan fingerprint density at radius 3 is 2.50 bits per heavy atom. The minimum absolute atomic E-state index is 0.0729. The molecule has 2 N–H and O–H groups in total. The van der Waals surface area contributed by atoms with Crippen LogP contribution in [0, 0.1) is 19.7 Å². The van der Waals surface area contributed by atoms with Gasteiger partial charge in [0.2, 0.25) is 0 Å². The normalized spacial score (nSPS) is 12.4. The van der Waals surface area contributed by atoms with Crippen molar-refractivity contribution >= 4 is 11.6 Å². The van der Waals surface area contributed by atoms with E-state index in [1.54, 1.807) is 12.1 Å². The summed E-state index contributed by atoms with van der Waals surface area (Å²) in [6, 6.07) is 11.0. The predicted molar refractivity (Wildman–Crippen MR) is 82.8 cm³/mol. The lowest BCUT2D eigenvalue weighted by Crippen LogP contribution is -2.16. The molecule has 2 aromatic carbocycles.